The van der Waals surface area contributed by atoms with E-state index in [1.54, 1.807) is 0 Å². The molecule has 0 heterocycles. The molecule has 11 heavy (non-hydrogen) atoms. The van der Waals surface area contributed by atoms with E-state index in [0.717, 1.165) is 6.54 Å². The Balaban J connectivity index is 0. The van der Waals surface area contributed by atoms with E-state index in [1.165, 1.54) is 5.57 Å². The first-order valence-electron chi connectivity index (χ1n) is 4.02. The molecule has 0 aromatic heterocycles. The predicted molar refractivity (Wildman–Crippen MR) is 54.3 cm³/mol. The van der Waals surface area contributed by atoms with Crippen LogP contribution in [0.5, 0.6) is 0 Å². The van der Waals surface area contributed by atoms with Gasteiger partial charge in [0, 0.05) is 0 Å². The third-order valence-electron chi connectivity index (χ3n) is 0.934. The smallest absolute Gasteiger partial charge is 0.0592 e. The average Bonchev–Trinajstić information content (AvgIpc) is 2.05. The molecule has 0 aromatic carbocycles. The highest BCUT2D eigenvalue weighted by Crippen LogP contribution is 1.91. The Labute approximate surface area is 70.5 Å². The van der Waals surface area contributed by atoms with Crippen molar-refractivity contribution in [2.75, 3.05) is 6.54 Å². The lowest BCUT2D eigenvalue weighted by Crippen LogP contribution is -1.78. The zero-order valence-corrected chi connectivity index (χ0v) is 8.09. The fourth-order valence-corrected chi connectivity index (χ4v) is 0.490. The topological polar surface area (TPSA) is 12.4 Å². The minimum Gasteiger partial charge on any atom is -0.297 e. The summed E-state index contributed by atoms with van der Waals surface area (Å²) < 4.78 is 0. The molecule has 0 saturated heterocycles. The molecule has 0 unspecified atom stereocenters. The van der Waals surface area contributed by atoms with E-state index in [-0.39, 0.29) is 0 Å². The van der Waals surface area contributed by atoms with Gasteiger partial charge < -0.3 is 0 Å². The summed E-state index contributed by atoms with van der Waals surface area (Å²) in [6, 6.07) is 0. The van der Waals surface area contributed by atoms with Gasteiger partial charge in [-0.25, -0.2) is 0 Å². The molecule has 0 amide bonds. The number of aliphatic imine (C=N–C) groups is 1. The second-order valence-corrected chi connectivity index (χ2v) is 1.92. The highest BCUT2D eigenvalue weighted by atomic mass is 14.7. The second-order valence-electron chi connectivity index (χ2n) is 1.92. The minimum absolute atomic E-state index is 0.740. The number of hydrogen-bond acceptors (Lipinski definition) is 1. The van der Waals surface area contributed by atoms with Crippen LogP contribution < -0.4 is 0 Å². The summed E-state index contributed by atoms with van der Waals surface area (Å²) in [5.41, 5.74) is 1.24. The van der Waals surface area contributed by atoms with Gasteiger partial charge in [-0.3, -0.25) is 4.99 Å². The highest BCUT2D eigenvalue weighted by Gasteiger charge is 1.79. The Bertz CT molecular complexity index is 132. The van der Waals surface area contributed by atoms with Crippen molar-refractivity contribution in [3.63, 3.8) is 0 Å². The van der Waals surface area contributed by atoms with E-state index in [0.29, 0.717) is 0 Å². The van der Waals surface area contributed by atoms with Gasteiger partial charge in [0.25, 0.3) is 0 Å². The van der Waals surface area contributed by atoms with Gasteiger partial charge in [-0.05, 0) is 20.6 Å². The minimum atomic E-state index is 0.740. The Morgan fingerprint density at radius 1 is 1.45 bits per heavy atom. The van der Waals surface area contributed by atoms with Crippen molar-refractivity contribution in [1.82, 2.24) is 0 Å². The van der Waals surface area contributed by atoms with Crippen LogP contribution in [0.2, 0.25) is 0 Å². The van der Waals surface area contributed by atoms with Crippen LogP contribution in [-0.2, 0) is 0 Å². The molecule has 1 nitrogen and oxygen atoms in total. The van der Waals surface area contributed by atoms with Gasteiger partial charge >= 0.3 is 0 Å². The van der Waals surface area contributed by atoms with Gasteiger partial charge in [-0.15, -0.1) is 0 Å². The molecule has 0 aromatic rings. The van der Waals surface area contributed by atoms with Crippen molar-refractivity contribution in [2.45, 2.75) is 27.7 Å². The summed E-state index contributed by atoms with van der Waals surface area (Å²) in [4.78, 5) is 3.74. The molecule has 0 saturated carbocycles. The average molecular weight is 153 g/mol. The number of hydrogen-bond donors (Lipinski definition) is 0. The van der Waals surface area contributed by atoms with Crippen LogP contribution in [0.1, 0.15) is 27.7 Å². The molecule has 64 valence electrons. The van der Waals surface area contributed by atoms with Crippen LogP contribution in [0.15, 0.2) is 28.8 Å². The molecular weight excluding hydrogens is 134 g/mol. The molecule has 0 atom stereocenters. The van der Waals surface area contributed by atoms with Gasteiger partial charge in [0.2, 0.25) is 0 Å². The maximum absolute atomic E-state index is 3.74. The van der Waals surface area contributed by atoms with Crippen molar-refractivity contribution in [1.29, 1.82) is 0 Å². The number of allylic oxidation sites excluding steroid dienone is 3. The molecule has 0 rings (SSSR count). The largest absolute Gasteiger partial charge is 0.297 e. The lowest BCUT2D eigenvalue weighted by atomic mass is 10.3. The molecule has 0 aliphatic carbocycles. The number of rotatable bonds is 3. The van der Waals surface area contributed by atoms with Crippen LogP contribution >= 0.6 is 0 Å². The Morgan fingerprint density at radius 2 is 2.00 bits per heavy atom. The summed E-state index contributed by atoms with van der Waals surface area (Å²) >= 11 is 0. The predicted octanol–water partition coefficient (Wildman–Crippen LogP) is 3.24. The Morgan fingerprint density at radius 3 is 2.36 bits per heavy atom. The highest BCUT2D eigenvalue weighted by molar-refractivity contribution is 5.25. The maximum atomic E-state index is 3.74. The second kappa shape index (κ2) is 11.9. The first-order valence-corrected chi connectivity index (χ1v) is 4.02. The van der Waals surface area contributed by atoms with Crippen molar-refractivity contribution in [2.24, 2.45) is 4.99 Å². The lowest BCUT2D eigenvalue weighted by molar-refractivity contribution is 1.15. The maximum Gasteiger partial charge on any atom is 0.0592 e. The summed E-state index contributed by atoms with van der Waals surface area (Å²) in [7, 11) is 0. The van der Waals surface area contributed by atoms with Crippen LogP contribution in [0.25, 0.3) is 0 Å². The van der Waals surface area contributed by atoms with Crippen molar-refractivity contribution in [3.8, 4) is 0 Å². The van der Waals surface area contributed by atoms with Gasteiger partial charge in [0.1, 0.15) is 0 Å². The Kier molecular flexibility index (Phi) is 13.8. The van der Waals surface area contributed by atoms with E-state index in [9.17, 15) is 0 Å². The molecule has 0 bridgehead atoms. The fourth-order valence-electron chi connectivity index (χ4n) is 0.490. The number of nitrogens with zero attached hydrogens (tertiary/aromatic N) is 1. The van der Waals surface area contributed by atoms with Crippen molar-refractivity contribution >= 4 is 6.72 Å². The summed E-state index contributed by atoms with van der Waals surface area (Å²) in [5.74, 6) is 0. The van der Waals surface area contributed by atoms with Crippen LogP contribution in [0.3, 0.4) is 0 Å². The summed E-state index contributed by atoms with van der Waals surface area (Å²) in [6.07, 6.45) is 6.03. The summed E-state index contributed by atoms with van der Waals surface area (Å²) in [5, 5.41) is 0. The molecule has 1 heteroatoms. The molecule has 0 radical (unpaired) electrons. The normalized spacial score (nSPS) is 10.7. The third kappa shape index (κ3) is 12.4. The standard InChI is InChI=1S/C8H13N.C2H6/c1-4-5-6-8(2)7-9-3;1-2/h4-6H,3,7H2,1-2H3;1-2H3/b5-4-,8-6-;. The van der Waals surface area contributed by atoms with Crippen molar-refractivity contribution < 1.29 is 0 Å². The Hall–Kier alpha value is -0.850. The van der Waals surface area contributed by atoms with Gasteiger partial charge in [0.05, 0.1) is 6.54 Å². The molecule has 0 aliphatic heterocycles. The molecule has 0 aliphatic rings. The van der Waals surface area contributed by atoms with Crippen LogP contribution in [-0.4, -0.2) is 13.3 Å². The van der Waals surface area contributed by atoms with Crippen molar-refractivity contribution in [3.05, 3.63) is 23.8 Å². The van der Waals surface area contributed by atoms with E-state index in [1.807, 2.05) is 45.9 Å². The van der Waals surface area contributed by atoms with Crippen LogP contribution in [0.4, 0.5) is 0 Å². The van der Waals surface area contributed by atoms with E-state index >= 15 is 0 Å². The third-order valence-corrected chi connectivity index (χ3v) is 0.934. The fraction of sp³-hybridized carbons (Fsp3) is 0.500. The first kappa shape index (κ1) is 12.8. The quantitative estimate of drug-likeness (QED) is 0.436. The molecular formula is C10H19N. The zero-order chi connectivity index (χ0) is 9.11. The van der Waals surface area contributed by atoms with Gasteiger partial charge in [-0.1, -0.05) is 37.6 Å². The first-order chi connectivity index (χ1) is 5.31. The van der Waals surface area contributed by atoms with E-state index in [2.05, 4.69) is 11.7 Å². The van der Waals surface area contributed by atoms with Crippen LogP contribution in [0, 0.1) is 0 Å². The van der Waals surface area contributed by atoms with E-state index < -0.39 is 0 Å². The summed E-state index contributed by atoms with van der Waals surface area (Å²) in [6.45, 7) is 12.2. The van der Waals surface area contributed by atoms with E-state index in [4.69, 9.17) is 0 Å². The van der Waals surface area contributed by atoms with Gasteiger partial charge in [0.15, 0.2) is 0 Å². The SMILES string of the molecule is C=NC/C(C)=C\C=C/C.CC. The molecule has 0 spiro atoms. The monoisotopic (exact) mass is 153 g/mol. The molecule has 0 fully saturated rings. The molecule has 0 N–H and O–H groups in total. The zero-order valence-electron chi connectivity index (χ0n) is 8.09. The van der Waals surface area contributed by atoms with Gasteiger partial charge in [-0.2, -0.15) is 0 Å². The lowest BCUT2D eigenvalue weighted by Gasteiger charge is -1.88.